The van der Waals surface area contributed by atoms with Crippen LogP contribution < -0.4 is 4.74 Å². The summed E-state index contributed by atoms with van der Waals surface area (Å²) in [7, 11) is 1.52. The largest absolute Gasteiger partial charge is 0.496 e. The molecular weight excluding hydrogens is 244 g/mol. The van der Waals surface area contributed by atoms with Gasteiger partial charge in [0.1, 0.15) is 5.75 Å². The average Bonchev–Trinajstić information content (AvgIpc) is 2.17. The van der Waals surface area contributed by atoms with Crippen LogP contribution in [0.15, 0.2) is 22.7 Å². The van der Waals surface area contributed by atoms with Crippen LogP contribution in [0.5, 0.6) is 5.75 Å². The first kappa shape index (κ1) is 10.8. The number of halogens is 1. The highest BCUT2D eigenvalue weighted by Gasteiger charge is 2.10. The van der Waals surface area contributed by atoms with Gasteiger partial charge in [0.15, 0.2) is 5.78 Å². The lowest BCUT2D eigenvalue weighted by Gasteiger charge is -2.06. The molecule has 3 heteroatoms. The highest BCUT2D eigenvalue weighted by Crippen LogP contribution is 2.24. The highest BCUT2D eigenvalue weighted by molar-refractivity contribution is 9.10. The van der Waals surface area contributed by atoms with Crippen LogP contribution in [0.25, 0.3) is 0 Å². The van der Waals surface area contributed by atoms with E-state index in [-0.39, 0.29) is 12.2 Å². The summed E-state index contributed by atoms with van der Waals surface area (Å²) in [6.07, 6.45) is 5.16. The zero-order valence-corrected chi connectivity index (χ0v) is 9.30. The molecular formula is C11H9BrO2. The van der Waals surface area contributed by atoms with E-state index in [0.717, 1.165) is 4.47 Å². The van der Waals surface area contributed by atoms with Crippen LogP contribution >= 0.6 is 15.9 Å². The van der Waals surface area contributed by atoms with Gasteiger partial charge in [-0.1, -0.05) is 21.9 Å². The summed E-state index contributed by atoms with van der Waals surface area (Å²) in [5.41, 5.74) is 0.522. The number of ketones is 1. The number of Topliss-reactive ketones (excluding diaryl/α,β-unsaturated/α-hetero) is 1. The molecule has 0 saturated carbocycles. The Morgan fingerprint density at radius 2 is 2.36 bits per heavy atom. The van der Waals surface area contributed by atoms with E-state index in [1.807, 2.05) is 0 Å². The summed E-state index contributed by atoms with van der Waals surface area (Å²) in [5, 5.41) is 0. The number of hydrogen-bond donors (Lipinski definition) is 0. The number of methoxy groups -OCH3 is 1. The van der Waals surface area contributed by atoms with Gasteiger partial charge in [0.2, 0.25) is 0 Å². The van der Waals surface area contributed by atoms with Crippen molar-refractivity contribution in [2.24, 2.45) is 0 Å². The molecule has 0 aromatic heterocycles. The monoisotopic (exact) mass is 252 g/mol. The molecule has 0 saturated heterocycles. The molecule has 0 aliphatic heterocycles. The van der Waals surface area contributed by atoms with Crippen molar-refractivity contribution in [3.8, 4) is 18.1 Å². The van der Waals surface area contributed by atoms with Crippen molar-refractivity contribution in [1.29, 1.82) is 0 Å². The molecule has 0 amide bonds. The molecule has 1 aromatic carbocycles. The first-order valence-corrected chi connectivity index (χ1v) is 4.78. The van der Waals surface area contributed by atoms with E-state index in [1.54, 1.807) is 18.2 Å². The van der Waals surface area contributed by atoms with E-state index in [9.17, 15) is 4.79 Å². The van der Waals surface area contributed by atoms with Crippen LogP contribution in [-0.4, -0.2) is 12.9 Å². The van der Waals surface area contributed by atoms with Crippen LogP contribution in [-0.2, 0) is 0 Å². The van der Waals surface area contributed by atoms with Gasteiger partial charge in [0.25, 0.3) is 0 Å². The lowest BCUT2D eigenvalue weighted by Crippen LogP contribution is -2.00. The van der Waals surface area contributed by atoms with E-state index in [1.165, 1.54) is 7.11 Å². The van der Waals surface area contributed by atoms with E-state index in [4.69, 9.17) is 11.2 Å². The normalized spacial score (nSPS) is 9.21. The topological polar surface area (TPSA) is 26.3 Å². The quantitative estimate of drug-likeness (QED) is 0.611. The van der Waals surface area contributed by atoms with Gasteiger partial charge in [-0.25, -0.2) is 0 Å². The van der Waals surface area contributed by atoms with Crippen molar-refractivity contribution in [1.82, 2.24) is 0 Å². The first-order chi connectivity index (χ1) is 6.69. The molecule has 0 aliphatic carbocycles. The minimum absolute atomic E-state index is 0.0952. The summed E-state index contributed by atoms with van der Waals surface area (Å²) in [4.78, 5) is 11.5. The van der Waals surface area contributed by atoms with Crippen molar-refractivity contribution in [2.45, 2.75) is 6.42 Å². The fourth-order valence-electron chi connectivity index (χ4n) is 1.08. The maximum Gasteiger partial charge on any atom is 0.178 e. The Balaban J connectivity index is 3.09. The van der Waals surface area contributed by atoms with Gasteiger partial charge in [-0.3, -0.25) is 4.79 Å². The maximum absolute atomic E-state index is 11.5. The Labute approximate surface area is 91.4 Å². The van der Waals surface area contributed by atoms with Crippen LogP contribution in [0, 0.1) is 12.3 Å². The van der Waals surface area contributed by atoms with Crippen LogP contribution in [0.4, 0.5) is 0 Å². The number of carbonyl (C=O) groups excluding carboxylic acids is 1. The van der Waals surface area contributed by atoms with Gasteiger partial charge >= 0.3 is 0 Å². The smallest absolute Gasteiger partial charge is 0.178 e. The summed E-state index contributed by atoms with van der Waals surface area (Å²) in [6, 6.07) is 5.22. The summed E-state index contributed by atoms with van der Waals surface area (Å²) < 4.78 is 5.94. The van der Waals surface area contributed by atoms with Gasteiger partial charge in [0.05, 0.1) is 19.1 Å². The Bertz CT molecular complexity index is 391. The van der Waals surface area contributed by atoms with Crippen LogP contribution in [0.1, 0.15) is 16.8 Å². The third-order valence-electron chi connectivity index (χ3n) is 1.73. The second-order valence-corrected chi connectivity index (χ2v) is 3.56. The van der Waals surface area contributed by atoms with E-state index >= 15 is 0 Å². The molecule has 0 heterocycles. The average molecular weight is 253 g/mol. The van der Waals surface area contributed by atoms with Crippen molar-refractivity contribution in [3.05, 3.63) is 28.2 Å². The van der Waals surface area contributed by atoms with E-state index in [0.29, 0.717) is 11.3 Å². The molecule has 1 aromatic rings. The molecule has 0 radical (unpaired) electrons. The second kappa shape index (κ2) is 4.83. The number of benzene rings is 1. The third-order valence-corrected chi connectivity index (χ3v) is 2.22. The molecule has 14 heavy (non-hydrogen) atoms. The van der Waals surface area contributed by atoms with Crippen LogP contribution in [0.2, 0.25) is 0 Å². The lowest BCUT2D eigenvalue weighted by molar-refractivity contribution is 0.0995. The van der Waals surface area contributed by atoms with E-state index < -0.39 is 0 Å². The minimum Gasteiger partial charge on any atom is -0.496 e. The van der Waals surface area contributed by atoms with Crippen molar-refractivity contribution in [3.63, 3.8) is 0 Å². The summed E-state index contributed by atoms with van der Waals surface area (Å²) in [6.45, 7) is 0. The molecule has 0 unspecified atom stereocenters. The van der Waals surface area contributed by atoms with Crippen molar-refractivity contribution in [2.75, 3.05) is 7.11 Å². The van der Waals surface area contributed by atoms with Gasteiger partial charge in [-0.15, -0.1) is 6.42 Å². The second-order valence-electron chi connectivity index (χ2n) is 2.65. The number of rotatable bonds is 3. The number of hydrogen-bond acceptors (Lipinski definition) is 2. The Hall–Kier alpha value is -1.27. The Morgan fingerprint density at radius 1 is 1.64 bits per heavy atom. The maximum atomic E-state index is 11.5. The molecule has 0 atom stereocenters. The van der Waals surface area contributed by atoms with E-state index in [2.05, 4.69) is 21.9 Å². The number of ether oxygens (including phenoxy) is 1. The molecule has 0 fully saturated rings. The van der Waals surface area contributed by atoms with Gasteiger partial charge in [-0.2, -0.15) is 0 Å². The molecule has 72 valence electrons. The zero-order valence-electron chi connectivity index (χ0n) is 7.71. The molecule has 0 spiro atoms. The fourth-order valence-corrected chi connectivity index (χ4v) is 1.42. The zero-order chi connectivity index (χ0) is 10.6. The van der Waals surface area contributed by atoms with Crippen molar-refractivity contribution >= 4 is 21.7 Å². The summed E-state index contributed by atoms with van der Waals surface area (Å²) in [5.74, 6) is 2.76. The lowest BCUT2D eigenvalue weighted by atomic mass is 10.1. The van der Waals surface area contributed by atoms with Gasteiger partial charge in [0, 0.05) is 4.47 Å². The standard InChI is InChI=1S/C11H9BrO2/c1-3-4-10(13)9-6-5-8(12)7-11(9)14-2/h1,5-7H,4H2,2H3. The first-order valence-electron chi connectivity index (χ1n) is 3.99. The molecule has 1 rings (SSSR count). The van der Waals surface area contributed by atoms with Gasteiger partial charge < -0.3 is 4.74 Å². The van der Waals surface area contributed by atoms with Gasteiger partial charge in [-0.05, 0) is 18.2 Å². The predicted octanol–water partition coefficient (Wildman–Crippen LogP) is 2.66. The van der Waals surface area contributed by atoms with Crippen LogP contribution in [0.3, 0.4) is 0 Å². The van der Waals surface area contributed by atoms with Crippen molar-refractivity contribution < 1.29 is 9.53 Å². The minimum atomic E-state index is -0.100. The number of terminal acetylenes is 1. The highest BCUT2D eigenvalue weighted by atomic mass is 79.9. The molecule has 0 bridgehead atoms. The fraction of sp³-hybridized carbons (Fsp3) is 0.182. The molecule has 0 N–H and O–H groups in total. The molecule has 0 aliphatic rings. The third kappa shape index (κ3) is 2.36. The molecule has 2 nitrogen and oxygen atoms in total. The number of carbonyl (C=O) groups is 1. The predicted molar refractivity (Wildman–Crippen MR) is 58.5 cm³/mol. The Morgan fingerprint density at radius 3 is 2.93 bits per heavy atom. The Kier molecular flexibility index (Phi) is 3.73. The summed E-state index contributed by atoms with van der Waals surface area (Å²) >= 11 is 3.29. The SMILES string of the molecule is C#CCC(=O)c1ccc(Br)cc1OC.